The van der Waals surface area contributed by atoms with Gasteiger partial charge < -0.3 is 20.1 Å². The summed E-state index contributed by atoms with van der Waals surface area (Å²) in [6, 6.07) is 15.9. The molecule has 0 saturated carbocycles. The van der Waals surface area contributed by atoms with E-state index in [0.29, 0.717) is 40.2 Å². The average molecular weight is 398 g/mol. The molecule has 0 aliphatic rings. The van der Waals surface area contributed by atoms with Crippen LogP contribution in [0, 0.1) is 0 Å². The fourth-order valence-electron chi connectivity index (χ4n) is 2.57. The van der Waals surface area contributed by atoms with Gasteiger partial charge in [-0.2, -0.15) is 0 Å². The van der Waals surface area contributed by atoms with Gasteiger partial charge in [-0.3, -0.25) is 4.79 Å². The third-order valence-corrected chi connectivity index (χ3v) is 4.11. The number of anilines is 3. The van der Waals surface area contributed by atoms with Crippen molar-refractivity contribution in [1.82, 2.24) is 4.98 Å². The number of rotatable bonds is 7. The van der Waals surface area contributed by atoms with Gasteiger partial charge in [0.15, 0.2) is 0 Å². The van der Waals surface area contributed by atoms with Crippen molar-refractivity contribution in [2.24, 2.45) is 0 Å². The van der Waals surface area contributed by atoms with Gasteiger partial charge in [-0.25, -0.2) is 4.98 Å². The van der Waals surface area contributed by atoms with Crippen LogP contribution in [-0.2, 0) is 0 Å². The fraction of sp³-hybridized carbons (Fsp3) is 0.143. The number of carbonyl (C=O) groups excluding carboxylic acids is 1. The van der Waals surface area contributed by atoms with Crippen molar-refractivity contribution >= 4 is 34.6 Å². The summed E-state index contributed by atoms with van der Waals surface area (Å²) in [6.45, 7) is 2.40. The maximum Gasteiger partial charge on any atom is 0.274 e. The van der Waals surface area contributed by atoms with Crippen LogP contribution in [0.25, 0.3) is 0 Å². The molecule has 0 aliphatic carbocycles. The molecule has 0 spiro atoms. The monoisotopic (exact) mass is 397 g/mol. The molecule has 3 aromatic rings. The van der Waals surface area contributed by atoms with E-state index in [4.69, 9.17) is 21.1 Å². The molecular formula is C21H20ClN3O3. The Morgan fingerprint density at radius 2 is 1.89 bits per heavy atom. The first-order chi connectivity index (χ1) is 13.6. The van der Waals surface area contributed by atoms with Gasteiger partial charge in [-0.1, -0.05) is 23.7 Å². The summed E-state index contributed by atoms with van der Waals surface area (Å²) in [5, 5.41) is 6.59. The number of benzene rings is 2. The number of aromatic nitrogens is 1. The van der Waals surface area contributed by atoms with Crippen LogP contribution in [0.5, 0.6) is 11.5 Å². The van der Waals surface area contributed by atoms with Gasteiger partial charge in [-0.15, -0.1) is 0 Å². The van der Waals surface area contributed by atoms with Crippen molar-refractivity contribution in [2.75, 3.05) is 24.4 Å². The van der Waals surface area contributed by atoms with Crippen molar-refractivity contribution in [3.8, 4) is 11.5 Å². The van der Waals surface area contributed by atoms with Crippen molar-refractivity contribution in [2.45, 2.75) is 6.92 Å². The molecule has 1 amide bonds. The molecule has 7 heteroatoms. The van der Waals surface area contributed by atoms with Crippen LogP contribution in [-0.4, -0.2) is 24.6 Å². The second kappa shape index (κ2) is 9.10. The lowest BCUT2D eigenvalue weighted by atomic mass is 10.2. The molecule has 3 rings (SSSR count). The lowest BCUT2D eigenvalue weighted by molar-refractivity contribution is 0.102. The Labute approximate surface area is 168 Å². The van der Waals surface area contributed by atoms with Crippen LogP contribution < -0.4 is 20.1 Å². The highest BCUT2D eigenvalue weighted by molar-refractivity contribution is 6.31. The van der Waals surface area contributed by atoms with E-state index >= 15 is 0 Å². The van der Waals surface area contributed by atoms with Crippen LogP contribution >= 0.6 is 11.6 Å². The average Bonchev–Trinajstić information content (AvgIpc) is 2.70. The highest BCUT2D eigenvalue weighted by Gasteiger charge is 2.11. The van der Waals surface area contributed by atoms with Gasteiger partial charge in [0, 0.05) is 5.02 Å². The van der Waals surface area contributed by atoms with E-state index in [-0.39, 0.29) is 11.6 Å². The topological polar surface area (TPSA) is 72.5 Å². The van der Waals surface area contributed by atoms with Crippen LogP contribution in [0.4, 0.5) is 17.1 Å². The molecule has 2 N–H and O–H groups in total. The smallest absolute Gasteiger partial charge is 0.274 e. The minimum atomic E-state index is -0.320. The third-order valence-electron chi connectivity index (χ3n) is 3.87. The zero-order chi connectivity index (χ0) is 19.9. The molecule has 28 heavy (non-hydrogen) atoms. The fourth-order valence-corrected chi connectivity index (χ4v) is 2.75. The summed E-state index contributed by atoms with van der Waals surface area (Å²) in [5.41, 5.74) is 2.29. The van der Waals surface area contributed by atoms with Gasteiger partial charge in [0.25, 0.3) is 5.91 Å². The minimum absolute atomic E-state index is 0.287. The first-order valence-electron chi connectivity index (χ1n) is 8.70. The number of pyridine rings is 1. The third kappa shape index (κ3) is 4.72. The number of amides is 1. The van der Waals surface area contributed by atoms with E-state index in [1.807, 2.05) is 19.1 Å². The number of hydrogen-bond acceptors (Lipinski definition) is 5. The molecule has 6 nitrogen and oxygen atoms in total. The molecule has 0 unspecified atom stereocenters. The number of hydrogen-bond donors (Lipinski definition) is 2. The highest BCUT2D eigenvalue weighted by atomic mass is 35.5. The van der Waals surface area contributed by atoms with E-state index < -0.39 is 0 Å². The highest BCUT2D eigenvalue weighted by Crippen LogP contribution is 2.30. The molecule has 0 aliphatic heterocycles. The first-order valence-corrected chi connectivity index (χ1v) is 9.08. The lowest BCUT2D eigenvalue weighted by Gasteiger charge is -2.12. The van der Waals surface area contributed by atoms with Crippen LogP contribution in [0.15, 0.2) is 60.8 Å². The molecule has 0 fully saturated rings. The molecule has 1 aromatic heterocycles. The molecule has 1 heterocycles. The van der Waals surface area contributed by atoms with Gasteiger partial charge in [0.1, 0.15) is 17.2 Å². The maximum atomic E-state index is 12.5. The van der Waals surface area contributed by atoms with Crippen LogP contribution in [0.2, 0.25) is 5.02 Å². The Balaban J connectivity index is 1.72. The van der Waals surface area contributed by atoms with Gasteiger partial charge in [-0.05, 0) is 49.4 Å². The predicted octanol–water partition coefficient (Wildman–Crippen LogP) is 5.14. The van der Waals surface area contributed by atoms with Crippen molar-refractivity contribution in [3.05, 3.63) is 71.5 Å². The molecule has 0 atom stereocenters. The Morgan fingerprint density at radius 3 is 2.61 bits per heavy atom. The standard InChI is InChI=1S/C21H20ClN3O3/c1-3-28-20-7-5-4-6-16(20)25-21(26)17-10-9-15(13-23-17)24-18-12-14(22)8-11-19(18)27-2/h4-13,24H,3H2,1-2H3,(H,25,26). The van der Waals surface area contributed by atoms with E-state index in [1.165, 1.54) is 0 Å². The second-order valence-corrected chi connectivity index (χ2v) is 6.22. The Bertz CT molecular complexity index is 961. The minimum Gasteiger partial charge on any atom is -0.495 e. The van der Waals surface area contributed by atoms with Gasteiger partial charge in [0.05, 0.1) is 37.0 Å². The Morgan fingerprint density at radius 1 is 1.07 bits per heavy atom. The summed E-state index contributed by atoms with van der Waals surface area (Å²) in [6.07, 6.45) is 1.57. The van der Waals surface area contributed by atoms with E-state index in [2.05, 4.69) is 15.6 Å². The largest absolute Gasteiger partial charge is 0.495 e. The number of methoxy groups -OCH3 is 1. The number of para-hydroxylation sites is 2. The molecule has 0 saturated heterocycles. The zero-order valence-corrected chi connectivity index (χ0v) is 16.3. The molecule has 0 bridgehead atoms. The molecule has 2 aromatic carbocycles. The zero-order valence-electron chi connectivity index (χ0n) is 15.5. The maximum absolute atomic E-state index is 12.5. The van der Waals surface area contributed by atoms with E-state index in [0.717, 1.165) is 0 Å². The summed E-state index contributed by atoms with van der Waals surface area (Å²) in [7, 11) is 1.58. The van der Waals surface area contributed by atoms with Crippen LogP contribution in [0.1, 0.15) is 17.4 Å². The number of carbonyl (C=O) groups is 1. The van der Waals surface area contributed by atoms with Crippen molar-refractivity contribution in [1.29, 1.82) is 0 Å². The number of halogens is 1. The summed E-state index contributed by atoms with van der Waals surface area (Å²) >= 11 is 6.04. The predicted molar refractivity (Wildman–Crippen MR) is 111 cm³/mol. The number of ether oxygens (including phenoxy) is 2. The summed E-state index contributed by atoms with van der Waals surface area (Å²) < 4.78 is 10.8. The van der Waals surface area contributed by atoms with Crippen molar-refractivity contribution in [3.63, 3.8) is 0 Å². The van der Waals surface area contributed by atoms with Crippen molar-refractivity contribution < 1.29 is 14.3 Å². The quantitative estimate of drug-likeness (QED) is 0.577. The SMILES string of the molecule is CCOc1ccccc1NC(=O)c1ccc(Nc2cc(Cl)ccc2OC)cn1. The summed E-state index contributed by atoms with van der Waals surface area (Å²) in [4.78, 5) is 16.7. The van der Waals surface area contributed by atoms with E-state index in [1.54, 1.807) is 55.8 Å². The lowest BCUT2D eigenvalue weighted by Crippen LogP contribution is -2.14. The van der Waals surface area contributed by atoms with Gasteiger partial charge >= 0.3 is 0 Å². The number of nitrogens with zero attached hydrogens (tertiary/aromatic N) is 1. The Kier molecular flexibility index (Phi) is 6.34. The first kappa shape index (κ1) is 19.5. The Hall–Kier alpha value is -3.25. The normalized spacial score (nSPS) is 10.2. The summed E-state index contributed by atoms with van der Waals surface area (Å²) in [5.74, 6) is 0.947. The molecule has 144 valence electrons. The van der Waals surface area contributed by atoms with Crippen LogP contribution in [0.3, 0.4) is 0 Å². The molecular weight excluding hydrogens is 378 g/mol. The van der Waals surface area contributed by atoms with Gasteiger partial charge in [0.2, 0.25) is 0 Å². The molecule has 0 radical (unpaired) electrons. The number of nitrogens with one attached hydrogen (secondary N) is 2. The van der Waals surface area contributed by atoms with E-state index in [9.17, 15) is 4.79 Å². The second-order valence-electron chi connectivity index (χ2n) is 5.79.